The Morgan fingerprint density at radius 3 is 2.39 bits per heavy atom. The van der Waals surface area contributed by atoms with E-state index in [9.17, 15) is 0 Å². The maximum absolute atomic E-state index is 5.85. The van der Waals surface area contributed by atoms with Gasteiger partial charge in [-0.15, -0.1) is 0 Å². The summed E-state index contributed by atoms with van der Waals surface area (Å²) in [5, 5.41) is 4.68. The van der Waals surface area contributed by atoms with Crippen LogP contribution in [0.15, 0.2) is 24.3 Å². The van der Waals surface area contributed by atoms with Gasteiger partial charge in [-0.3, -0.25) is 0 Å². The molecule has 5 heteroatoms. The van der Waals surface area contributed by atoms with Crippen LogP contribution in [-0.4, -0.2) is 35.3 Å². The number of nitrogens with one attached hydrogen (secondary N) is 1. The second-order valence-corrected chi connectivity index (χ2v) is 5.42. The van der Waals surface area contributed by atoms with Crippen molar-refractivity contribution in [1.29, 1.82) is 0 Å². The van der Waals surface area contributed by atoms with E-state index in [2.05, 4.69) is 24.1 Å². The molecule has 1 N–H and O–H groups in total. The fraction of sp³-hybridized carbons (Fsp3) is 0.462. The zero-order valence-corrected chi connectivity index (χ0v) is 12.1. The van der Waals surface area contributed by atoms with Crippen molar-refractivity contribution in [3.05, 3.63) is 29.3 Å². The lowest BCUT2D eigenvalue weighted by Gasteiger charge is -2.36. The number of halogens is 1. The van der Waals surface area contributed by atoms with Crippen molar-refractivity contribution >= 4 is 34.6 Å². The number of benzene rings is 1. The number of hydrogen-bond donors (Lipinski definition) is 1. The van der Waals surface area contributed by atoms with Crippen molar-refractivity contribution in [2.75, 3.05) is 18.4 Å². The lowest BCUT2D eigenvalue weighted by Crippen LogP contribution is -2.49. The average Bonchev–Trinajstić information content (AvgIpc) is 2.31. The van der Waals surface area contributed by atoms with Crippen molar-refractivity contribution in [2.45, 2.75) is 26.1 Å². The maximum atomic E-state index is 5.85. The normalized spacial score (nSPS) is 23.8. The Morgan fingerprint density at radius 2 is 1.83 bits per heavy atom. The van der Waals surface area contributed by atoms with Crippen LogP contribution < -0.4 is 5.32 Å². The monoisotopic (exact) mass is 284 g/mol. The minimum atomic E-state index is 0.207. The summed E-state index contributed by atoms with van der Waals surface area (Å²) < 4.78 is 5.69. The minimum absolute atomic E-state index is 0.207. The summed E-state index contributed by atoms with van der Waals surface area (Å²) in [5.74, 6) is 0. The van der Waals surface area contributed by atoms with Crippen molar-refractivity contribution < 1.29 is 4.74 Å². The summed E-state index contributed by atoms with van der Waals surface area (Å²) in [6.07, 6.45) is 0.414. The standard InChI is InChI=1S/C13H17ClN2OS/c1-9-7-16(8-10(2)17-9)13(18)15-12-5-3-11(14)4-6-12/h3-6,9-10H,7-8H2,1-2H3,(H,15,18)/t9-,10-/m0/s1. The number of hydrogen-bond acceptors (Lipinski definition) is 2. The fourth-order valence-corrected chi connectivity index (χ4v) is 2.47. The van der Waals surface area contributed by atoms with Crippen LogP contribution in [-0.2, 0) is 4.74 Å². The van der Waals surface area contributed by atoms with E-state index in [0.29, 0.717) is 0 Å². The van der Waals surface area contributed by atoms with Gasteiger partial charge in [0.05, 0.1) is 12.2 Å². The zero-order valence-electron chi connectivity index (χ0n) is 10.5. The molecule has 1 heterocycles. The SMILES string of the molecule is C[C@H]1CN(C(=S)Nc2ccc(Cl)cc2)C[C@H](C)O1. The van der Waals surface area contributed by atoms with Gasteiger partial charge in [0.2, 0.25) is 0 Å². The lowest BCUT2D eigenvalue weighted by atomic mass is 10.2. The number of ether oxygens (including phenoxy) is 1. The summed E-state index contributed by atoms with van der Waals surface area (Å²) in [6.45, 7) is 5.77. The summed E-state index contributed by atoms with van der Waals surface area (Å²) >= 11 is 11.3. The van der Waals surface area contributed by atoms with Gasteiger partial charge in [-0.25, -0.2) is 0 Å². The first-order valence-corrected chi connectivity index (χ1v) is 6.80. The van der Waals surface area contributed by atoms with Gasteiger partial charge in [0.25, 0.3) is 0 Å². The largest absolute Gasteiger partial charge is 0.372 e. The van der Waals surface area contributed by atoms with Gasteiger partial charge in [0.1, 0.15) is 0 Å². The van der Waals surface area contributed by atoms with E-state index < -0.39 is 0 Å². The van der Waals surface area contributed by atoms with Gasteiger partial charge >= 0.3 is 0 Å². The molecule has 2 rings (SSSR count). The highest BCUT2D eigenvalue weighted by Crippen LogP contribution is 2.16. The lowest BCUT2D eigenvalue weighted by molar-refractivity contribution is -0.0473. The van der Waals surface area contributed by atoms with Gasteiger partial charge in [-0.2, -0.15) is 0 Å². The van der Waals surface area contributed by atoms with Gasteiger partial charge < -0.3 is 15.0 Å². The second-order valence-electron chi connectivity index (χ2n) is 4.60. The molecule has 0 amide bonds. The highest BCUT2D eigenvalue weighted by Gasteiger charge is 2.23. The molecule has 0 saturated carbocycles. The zero-order chi connectivity index (χ0) is 13.1. The Kier molecular flexibility index (Phi) is 4.43. The summed E-state index contributed by atoms with van der Waals surface area (Å²) in [6, 6.07) is 7.53. The van der Waals surface area contributed by atoms with E-state index >= 15 is 0 Å². The van der Waals surface area contributed by atoms with E-state index in [-0.39, 0.29) is 12.2 Å². The average molecular weight is 285 g/mol. The van der Waals surface area contributed by atoms with Crippen LogP contribution in [0.5, 0.6) is 0 Å². The molecule has 0 spiro atoms. The Morgan fingerprint density at radius 1 is 1.28 bits per heavy atom. The van der Waals surface area contributed by atoms with Crippen LogP contribution >= 0.6 is 23.8 Å². The molecular weight excluding hydrogens is 268 g/mol. The third-order valence-electron chi connectivity index (χ3n) is 2.80. The summed E-state index contributed by atoms with van der Waals surface area (Å²) in [7, 11) is 0. The molecule has 0 radical (unpaired) electrons. The van der Waals surface area contributed by atoms with Crippen molar-refractivity contribution in [1.82, 2.24) is 4.90 Å². The molecule has 98 valence electrons. The Bertz CT molecular complexity index is 414. The van der Waals surface area contributed by atoms with Gasteiger partial charge in [0, 0.05) is 23.8 Å². The molecular formula is C13H17ClN2OS. The maximum Gasteiger partial charge on any atom is 0.173 e. The first kappa shape index (κ1) is 13.6. The molecule has 0 aliphatic carbocycles. The highest BCUT2D eigenvalue weighted by molar-refractivity contribution is 7.80. The molecule has 0 aromatic heterocycles. The van der Waals surface area contributed by atoms with Crippen LogP contribution in [0.3, 0.4) is 0 Å². The number of rotatable bonds is 1. The van der Waals surface area contributed by atoms with Crippen molar-refractivity contribution in [2.24, 2.45) is 0 Å². The number of anilines is 1. The van der Waals surface area contributed by atoms with E-state index in [0.717, 1.165) is 28.9 Å². The topological polar surface area (TPSA) is 24.5 Å². The molecule has 1 aromatic rings. The first-order chi connectivity index (χ1) is 8.54. The number of morpholine rings is 1. The minimum Gasteiger partial charge on any atom is -0.372 e. The Labute approximate surface area is 118 Å². The third kappa shape index (κ3) is 3.57. The van der Waals surface area contributed by atoms with Crippen LogP contribution in [0.25, 0.3) is 0 Å². The molecule has 1 aromatic carbocycles. The van der Waals surface area contributed by atoms with Crippen LogP contribution in [0, 0.1) is 0 Å². The van der Waals surface area contributed by atoms with E-state index in [1.165, 1.54) is 0 Å². The van der Waals surface area contributed by atoms with E-state index in [1.54, 1.807) is 0 Å². The van der Waals surface area contributed by atoms with Crippen LogP contribution in [0.2, 0.25) is 5.02 Å². The molecule has 2 atom stereocenters. The van der Waals surface area contributed by atoms with Crippen molar-refractivity contribution in [3.63, 3.8) is 0 Å². The van der Waals surface area contributed by atoms with Crippen LogP contribution in [0.1, 0.15) is 13.8 Å². The van der Waals surface area contributed by atoms with Crippen molar-refractivity contribution in [3.8, 4) is 0 Å². The van der Waals surface area contributed by atoms with Gasteiger partial charge in [-0.1, -0.05) is 11.6 Å². The van der Waals surface area contributed by atoms with Crippen LogP contribution in [0.4, 0.5) is 5.69 Å². The molecule has 1 aliphatic heterocycles. The smallest absolute Gasteiger partial charge is 0.173 e. The quantitative estimate of drug-likeness (QED) is 0.801. The summed E-state index contributed by atoms with van der Waals surface area (Å²) in [5.41, 5.74) is 0.955. The molecule has 1 aliphatic rings. The molecule has 18 heavy (non-hydrogen) atoms. The first-order valence-electron chi connectivity index (χ1n) is 6.01. The Balaban J connectivity index is 1.97. The molecule has 0 bridgehead atoms. The fourth-order valence-electron chi connectivity index (χ4n) is 2.08. The molecule has 1 saturated heterocycles. The van der Waals surface area contributed by atoms with Gasteiger partial charge in [-0.05, 0) is 50.3 Å². The number of nitrogens with zero attached hydrogens (tertiary/aromatic N) is 1. The predicted octanol–water partition coefficient (Wildman–Crippen LogP) is 3.15. The Hall–Kier alpha value is -0.840. The van der Waals surface area contributed by atoms with E-state index in [1.807, 2.05) is 24.3 Å². The second kappa shape index (κ2) is 5.87. The third-order valence-corrected chi connectivity index (χ3v) is 3.41. The highest BCUT2D eigenvalue weighted by atomic mass is 35.5. The molecule has 0 unspecified atom stereocenters. The summed E-state index contributed by atoms with van der Waals surface area (Å²) in [4.78, 5) is 2.14. The predicted molar refractivity (Wildman–Crippen MR) is 79.3 cm³/mol. The number of thiocarbonyl (C=S) groups is 1. The van der Waals surface area contributed by atoms with E-state index in [4.69, 9.17) is 28.6 Å². The molecule has 1 fully saturated rings. The van der Waals surface area contributed by atoms with Gasteiger partial charge in [0.15, 0.2) is 5.11 Å². The molecule has 3 nitrogen and oxygen atoms in total.